The maximum absolute atomic E-state index is 12.7. The van der Waals surface area contributed by atoms with Crippen LogP contribution in [0.3, 0.4) is 0 Å². The van der Waals surface area contributed by atoms with Gasteiger partial charge in [-0.2, -0.15) is 0 Å². The van der Waals surface area contributed by atoms with Crippen LogP contribution in [0, 0.1) is 6.92 Å². The summed E-state index contributed by atoms with van der Waals surface area (Å²) in [6, 6.07) is 17.5. The Kier molecular flexibility index (Phi) is 3.81. The second-order valence-corrected chi connectivity index (χ2v) is 7.12. The first kappa shape index (κ1) is 14.9. The van der Waals surface area contributed by atoms with Gasteiger partial charge in [-0.3, -0.25) is 4.72 Å². The number of hydrogen-bond donors (Lipinski definition) is 1. The molecule has 0 spiro atoms. The number of nitrogens with one attached hydrogen (secondary N) is 1. The average Bonchev–Trinajstić information content (AvgIpc) is 2.50. The smallest absolute Gasteiger partial charge is 0.262 e. The Balaban J connectivity index is 2.10. The summed E-state index contributed by atoms with van der Waals surface area (Å²) in [5.74, 6) is 0. The largest absolute Gasteiger partial charge is 0.280 e. The molecule has 0 radical (unpaired) electrons. The molecule has 0 aliphatic heterocycles. The van der Waals surface area contributed by atoms with Gasteiger partial charge in [0, 0.05) is 21.5 Å². The van der Waals surface area contributed by atoms with Crippen molar-refractivity contribution < 1.29 is 8.42 Å². The van der Waals surface area contributed by atoms with Crippen LogP contribution in [0.25, 0.3) is 10.8 Å². The molecule has 22 heavy (non-hydrogen) atoms. The van der Waals surface area contributed by atoms with E-state index in [-0.39, 0.29) is 4.90 Å². The Hall–Kier alpha value is -2.04. The van der Waals surface area contributed by atoms with E-state index in [9.17, 15) is 8.42 Å². The van der Waals surface area contributed by atoms with E-state index in [4.69, 9.17) is 11.6 Å². The zero-order chi connectivity index (χ0) is 15.7. The summed E-state index contributed by atoms with van der Waals surface area (Å²) in [6.07, 6.45) is 0. The Labute approximate surface area is 134 Å². The number of sulfonamides is 1. The summed E-state index contributed by atoms with van der Waals surface area (Å²) in [5, 5.41) is 1.86. The van der Waals surface area contributed by atoms with Gasteiger partial charge in [-0.1, -0.05) is 53.6 Å². The highest BCUT2D eigenvalue weighted by Crippen LogP contribution is 2.30. The van der Waals surface area contributed by atoms with Gasteiger partial charge in [0.05, 0.1) is 4.90 Å². The molecule has 1 N–H and O–H groups in total. The molecule has 5 heteroatoms. The van der Waals surface area contributed by atoms with Crippen molar-refractivity contribution in [3.05, 3.63) is 71.2 Å². The van der Waals surface area contributed by atoms with Crippen LogP contribution in [-0.2, 0) is 10.0 Å². The molecule has 0 unspecified atom stereocenters. The molecule has 0 bridgehead atoms. The maximum Gasteiger partial charge on any atom is 0.262 e. The van der Waals surface area contributed by atoms with Crippen LogP contribution in [0.4, 0.5) is 5.69 Å². The zero-order valence-electron chi connectivity index (χ0n) is 11.9. The second kappa shape index (κ2) is 5.63. The van der Waals surface area contributed by atoms with E-state index in [0.717, 1.165) is 10.9 Å². The van der Waals surface area contributed by atoms with Gasteiger partial charge in [-0.25, -0.2) is 8.42 Å². The normalized spacial score (nSPS) is 11.5. The molecule has 0 saturated heterocycles. The predicted octanol–water partition coefficient (Wildman–Crippen LogP) is 4.60. The lowest BCUT2D eigenvalue weighted by atomic mass is 10.1. The van der Waals surface area contributed by atoms with Gasteiger partial charge < -0.3 is 0 Å². The monoisotopic (exact) mass is 331 g/mol. The predicted molar refractivity (Wildman–Crippen MR) is 90.9 cm³/mol. The van der Waals surface area contributed by atoms with Crippen LogP contribution in [0.1, 0.15) is 5.56 Å². The summed E-state index contributed by atoms with van der Waals surface area (Å²) in [5.41, 5.74) is 1.60. The molecule has 0 amide bonds. The minimum Gasteiger partial charge on any atom is -0.280 e. The van der Waals surface area contributed by atoms with E-state index in [1.165, 1.54) is 6.07 Å². The zero-order valence-corrected chi connectivity index (χ0v) is 13.4. The van der Waals surface area contributed by atoms with E-state index >= 15 is 0 Å². The van der Waals surface area contributed by atoms with E-state index in [1.54, 1.807) is 30.3 Å². The fourth-order valence-electron chi connectivity index (χ4n) is 2.30. The van der Waals surface area contributed by atoms with E-state index in [0.29, 0.717) is 16.1 Å². The number of anilines is 1. The van der Waals surface area contributed by atoms with Crippen molar-refractivity contribution in [3.63, 3.8) is 0 Å². The molecule has 3 aromatic rings. The molecule has 3 nitrogen and oxygen atoms in total. The molecular formula is C17H14ClNO2S. The Morgan fingerprint density at radius 1 is 0.864 bits per heavy atom. The summed E-state index contributed by atoms with van der Waals surface area (Å²) >= 11 is 6.14. The molecule has 0 aliphatic rings. The molecule has 0 aromatic heterocycles. The third-order valence-corrected chi connectivity index (χ3v) is 5.19. The number of aryl methyl sites for hydroxylation is 1. The van der Waals surface area contributed by atoms with Crippen molar-refractivity contribution in [2.75, 3.05) is 4.72 Å². The van der Waals surface area contributed by atoms with Crippen molar-refractivity contribution >= 4 is 38.1 Å². The molecule has 0 saturated carbocycles. The average molecular weight is 332 g/mol. The molecular weight excluding hydrogens is 318 g/mol. The van der Waals surface area contributed by atoms with E-state index < -0.39 is 10.0 Å². The van der Waals surface area contributed by atoms with Crippen molar-refractivity contribution in [2.45, 2.75) is 11.8 Å². The van der Waals surface area contributed by atoms with E-state index in [2.05, 4.69) is 4.72 Å². The second-order valence-electron chi connectivity index (χ2n) is 5.06. The van der Waals surface area contributed by atoms with Gasteiger partial charge in [0.25, 0.3) is 10.0 Å². The number of fused-ring (bicyclic) bond motifs is 1. The van der Waals surface area contributed by atoms with Crippen LogP contribution in [0.2, 0.25) is 5.02 Å². The number of rotatable bonds is 3. The van der Waals surface area contributed by atoms with Gasteiger partial charge in [-0.15, -0.1) is 0 Å². The fourth-order valence-corrected chi connectivity index (χ4v) is 3.80. The van der Waals surface area contributed by atoms with Crippen molar-refractivity contribution in [2.24, 2.45) is 0 Å². The lowest BCUT2D eigenvalue weighted by Gasteiger charge is -2.11. The first-order valence-corrected chi connectivity index (χ1v) is 8.60. The number of benzene rings is 3. The fraction of sp³-hybridized carbons (Fsp3) is 0.0588. The molecule has 0 fully saturated rings. The van der Waals surface area contributed by atoms with Gasteiger partial charge in [0.2, 0.25) is 0 Å². The Bertz CT molecular complexity index is 935. The van der Waals surface area contributed by atoms with Crippen LogP contribution in [0.5, 0.6) is 0 Å². The quantitative estimate of drug-likeness (QED) is 0.762. The topological polar surface area (TPSA) is 46.2 Å². The molecule has 112 valence electrons. The summed E-state index contributed by atoms with van der Waals surface area (Å²) in [4.78, 5) is 0.216. The third kappa shape index (κ3) is 2.80. The molecule has 0 aliphatic carbocycles. The molecule has 0 heterocycles. The van der Waals surface area contributed by atoms with E-state index in [1.807, 2.05) is 31.2 Å². The lowest BCUT2D eigenvalue weighted by molar-refractivity contribution is 0.602. The number of hydrogen-bond acceptors (Lipinski definition) is 2. The SMILES string of the molecule is Cc1ccc(NS(=O)(=O)c2ccc(Cl)c3ccccc23)cc1. The summed E-state index contributed by atoms with van der Waals surface area (Å²) in [7, 11) is -3.68. The van der Waals surface area contributed by atoms with Crippen molar-refractivity contribution in [3.8, 4) is 0 Å². The minimum atomic E-state index is -3.68. The van der Waals surface area contributed by atoms with Gasteiger partial charge in [-0.05, 0) is 31.2 Å². The van der Waals surface area contributed by atoms with Gasteiger partial charge in [0.1, 0.15) is 0 Å². The highest BCUT2D eigenvalue weighted by atomic mass is 35.5. The highest BCUT2D eigenvalue weighted by Gasteiger charge is 2.18. The Morgan fingerprint density at radius 3 is 2.18 bits per heavy atom. The standard InChI is InChI=1S/C17H14ClNO2S/c1-12-6-8-13(9-7-12)19-22(20,21)17-11-10-16(18)14-4-2-3-5-15(14)17/h2-11,19H,1H3. The van der Waals surface area contributed by atoms with Crippen LogP contribution in [0.15, 0.2) is 65.6 Å². The van der Waals surface area contributed by atoms with Crippen LogP contribution < -0.4 is 4.72 Å². The number of halogens is 1. The molecule has 3 rings (SSSR count). The third-order valence-electron chi connectivity index (χ3n) is 3.42. The molecule has 0 atom stereocenters. The van der Waals surface area contributed by atoms with Crippen LogP contribution >= 0.6 is 11.6 Å². The minimum absolute atomic E-state index is 0.216. The van der Waals surface area contributed by atoms with Crippen molar-refractivity contribution in [1.82, 2.24) is 0 Å². The summed E-state index contributed by atoms with van der Waals surface area (Å²) in [6.45, 7) is 1.95. The highest BCUT2D eigenvalue weighted by molar-refractivity contribution is 7.93. The maximum atomic E-state index is 12.7. The first-order chi connectivity index (χ1) is 10.5. The lowest BCUT2D eigenvalue weighted by Crippen LogP contribution is -2.13. The Morgan fingerprint density at radius 2 is 1.50 bits per heavy atom. The van der Waals surface area contributed by atoms with Gasteiger partial charge in [0.15, 0.2) is 0 Å². The summed E-state index contributed by atoms with van der Waals surface area (Å²) < 4.78 is 27.9. The van der Waals surface area contributed by atoms with Gasteiger partial charge >= 0.3 is 0 Å². The van der Waals surface area contributed by atoms with Crippen molar-refractivity contribution in [1.29, 1.82) is 0 Å². The first-order valence-electron chi connectivity index (χ1n) is 6.74. The van der Waals surface area contributed by atoms with Crippen LogP contribution in [-0.4, -0.2) is 8.42 Å². The molecule has 3 aromatic carbocycles.